The second kappa shape index (κ2) is 10.5. The van der Waals surface area contributed by atoms with Gasteiger partial charge in [0, 0.05) is 31.2 Å². The number of piperidine rings is 1. The highest BCUT2D eigenvalue weighted by Crippen LogP contribution is 2.37. The van der Waals surface area contributed by atoms with Gasteiger partial charge >= 0.3 is 0 Å². The molecule has 0 unspecified atom stereocenters. The van der Waals surface area contributed by atoms with E-state index in [1.807, 2.05) is 6.07 Å². The van der Waals surface area contributed by atoms with Crippen LogP contribution in [0.4, 0.5) is 10.3 Å². The van der Waals surface area contributed by atoms with Crippen LogP contribution in [0.1, 0.15) is 18.5 Å². The first-order chi connectivity index (χ1) is 14.0. The second-order valence-corrected chi connectivity index (χ2v) is 7.83. The number of rotatable bonds is 8. The molecule has 1 aromatic heterocycles. The standard InChI is InChI=1S/C19H20Cl3FN4O2/c20-12-9-14(17(22)15(21)10-12)18-26-16(11-24)19(29-18)25-3-7-28-8-6-27-4-1-13(23)2-5-27/h9-10,13,25H,1-8H2. The minimum Gasteiger partial charge on any atom is -0.419 e. The fraction of sp³-hybridized carbons (Fsp3) is 0.474. The Hall–Kier alpha value is -1.56. The van der Waals surface area contributed by atoms with Gasteiger partial charge in [-0.15, -0.1) is 0 Å². The summed E-state index contributed by atoms with van der Waals surface area (Å²) in [4.78, 5) is 6.35. The van der Waals surface area contributed by atoms with Crippen molar-refractivity contribution in [2.45, 2.75) is 19.0 Å². The summed E-state index contributed by atoms with van der Waals surface area (Å²) in [6.45, 7) is 3.72. The molecule has 0 amide bonds. The normalized spacial score (nSPS) is 15.4. The molecular formula is C19H20Cl3FN4O2. The molecule has 1 aliphatic heterocycles. The Morgan fingerprint density at radius 2 is 2.03 bits per heavy atom. The molecule has 2 heterocycles. The summed E-state index contributed by atoms with van der Waals surface area (Å²) >= 11 is 18.3. The molecule has 1 aliphatic rings. The van der Waals surface area contributed by atoms with Crippen molar-refractivity contribution >= 4 is 40.7 Å². The van der Waals surface area contributed by atoms with Gasteiger partial charge in [0.1, 0.15) is 12.2 Å². The van der Waals surface area contributed by atoms with Crippen LogP contribution in [0, 0.1) is 11.3 Å². The largest absolute Gasteiger partial charge is 0.419 e. The van der Waals surface area contributed by atoms with Gasteiger partial charge in [-0.2, -0.15) is 10.2 Å². The van der Waals surface area contributed by atoms with Crippen LogP contribution in [0.5, 0.6) is 0 Å². The number of alkyl halides is 1. The van der Waals surface area contributed by atoms with E-state index in [1.165, 1.54) is 6.07 Å². The van der Waals surface area contributed by atoms with Crippen molar-refractivity contribution in [3.63, 3.8) is 0 Å². The Kier molecular flexibility index (Phi) is 7.99. The van der Waals surface area contributed by atoms with Gasteiger partial charge < -0.3 is 19.4 Å². The zero-order valence-electron chi connectivity index (χ0n) is 15.6. The lowest BCUT2D eigenvalue weighted by molar-refractivity contribution is 0.0865. The Balaban J connectivity index is 1.50. The van der Waals surface area contributed by atoms with Crippen LogP contribution in [0.25, 0.3) is 11.5 Å². The minimum absolute atomic E-state index is 0.0984. The summed E-state index contributed by atoms with van der Waals surface area (Å²) in [5.41, 5.74) is 0.503. The molecule has 1 fully saturated rings. The Morgan fingerprint density at radius 3 is 2.76 bits per heavy atom. The maximum atomic E-state index is 13.1. The number of likely N-dealkylation sites (tertiary alicyclic amines) is 1. The zero-order chi connectivity index (χ0) is 20.8. The first-order valence-corrected chi connectivity index (χ1v) is 10.3. The van der Waals surface area contributed by atoms with E-state index in [4.69, 9.17) is 44.0 Å². The molecule has 1 N–H and O–H groups in total. The van der Waals surface area contributed by atoms with Gasteiger partial charge in [-0.1, -0.05) is 34.8 Å². The van der Waals surface area contributed by atoms with Crippen molar-refractivity contribution in [1.29, 1.82) is 5.26 Å². The molecule has 0 atom stereocenters. The lowest BCUT2D eigenvalue weighted by Gasteiger charge is -2.28. The molecule has 1 aromatic carbocycles. The molecule has 0 radical (unpaired) electrons. The molecule has 156 valence electrons. The number of aromatic nitrogens is 1. The fourth-order valence-electron chi connectivity index (χ4n) is 3.00. The fourth-order valence-corrected chi connectivity index (χ4v) is 3.68. The summed E-state index contributed by atoms with van der Waals surface area (Å²) in [5, 5.41) is 13.2. The Bertz CT molecular complexity index is 879. The highest BCUT2D eigenvalue weighted by Gasteiger charge is 2.19. The van der Waals surface area contributed by atoms with Gasteiger partial charge in [0.05, 0.1) is 28.8 Å². The molecule has 0 aliphatic carbocycles. The van der Waals surface area contributed by atoms with Crippen LogP contribution in [-0.4, -0.2) is 55.4 Å². The van der Waals surface area contributed by atoms with Gasteiger partial charge in [0.25, 0.3) is 0 Å². The van der Waals surface area contributed by atoms with E-state index in [0.29, 0.717) is 43.2 Å². The third kappa shape index (κ3) is 5.97. The van der Waals surface area contributed by atoms with E-state index < -0.39 is 6.17 Å². The maximum absolute atomic E-state index is 13.1. The van der Waals surface area contributed by atoms with Gasteiger partial charge in [-0.3, -0.25) is 0 Å². The first kappa shape index (κ1) is 22.1. The average Bonchev–Trinajstić information content (AvgIpc) is 3.11. The van der Waals surface area contributed by atoms with Crippen LogP contribution in [0.2, 0.25) is 15.1 Å². The number of halogens is 4. The molecule has 2 aromatic rings. The molecule has 10 heteroatoms. The number of ether oxygens (including phenoxy) is 1. The average molecular weight is 462 g/mol. The minimum atomic E-state index is -0.671. The molecule has 0 spiro atoms. The lowest BCUT2D eigenvalue weighted by atomic mass is 10.1. The summed E-state index contributed by atoms with van der Waals surface area (Å²) < 4.78 is 24.4. The SMILES string of the molecule is N#Cc1nc(-c2cc(Cl)cc(Cl)c2Cl)oc1NCCOCCN1CCC(F)CC1. The van der Waals surface area contributed by atoms with E-state index in [9.17, 15) is 9.65 Å². The van der Waals surface area contributed by atoms with E-state index in [2.05, 4.69) is 15.2 Å². The summed E-state index contributed by atoms with van der Waals surface area (Å²) in [7, 11) is 0. The number of anilines is 1. The number of nitriles is 1. The van der Waals surface area contributed by atoms with Crippen LogP contribution < -0.4 is 5.32 Å². The third-order valence-corrected chi connectivity index (χ3v) is 5.58. The predicted octanol–water partition coefficient (Wildman–Crippen LogP) is 5.04. The highest BCUT2D eigenvalue weighted by molar-refractivity contribution is 6.44. The van der Waals surface area contributed by atoms with Crippen molar-refractivity contribution in [3.05, 3.63) is 32.9 Å². The van der Waals surface area contributed by atoms with Crippen molar-refractivity contribution < 1.29 is 13.5 Å². The number of hydrogen-bond acceptors (Lipinski definition) is 6. The number of hydrogen-bond donors (Lipinski definition) is 1. The monoisotopic (exact) mass is 460 g/mol. The second-order valence-electron chi connectivity index (χ2n) is 6.61. The molecule has 6 nitrogen and oxygen atoms in total. The molecular weight excluding hydrogens is 442 g/mol. The van der Waals surface area contributed by atoms with Crippen LogP contribution in [0.15, 0.2) is 16.5 Å². The number of oxazole rings is 1. The number of benzene rings is 1. The van der Waals surface area contributed by atoms with Crippen LogP contribution in [0.3, 0.4) is 0 Å². The van der Waals surface area contributed by atoms with Crippen LogP contribution in [-0.2, 0) is 4.74 Å². The van der Waals surface area contributed by atoms with Gasteiger partial charge in [0.15, 0.2) is 0 Å². The quantitative estimate of drug-likeness (QED) is 0.439. The lowest BCUT2D eigenvalue weighted by Crippen LogP contribution is -2.36. The smallest absolute Gasteiger partial charge is 0.232 e. The van der Waals surface area contributed by atoms with Crippen molar-refractivity contribution in [2.24, 2.45) is 0 Å². The van der Waals surface area contributed by atoms with Crippen molar-refractivity contribution in [2.75, 3.05) is 44.7 Å². The third-order valence-electron chi connectivity index (χ3n) is 4.56. The Morgan fingerprint density at radius 1 is 1.28 bits per heavy atom. The van der Waals surface area contributed by atoms with E-state index in [1.54, 1.807) is 6.07 Å². The van der Waals surface area contributed by atoms with Gasteiger partial charge in [-0.25, -0.2) is 4.39 Å². The molecule has 0 saturated carbocycles. The molecule has 1 saturated heterocycles. The summed E-state index contributed by atoms with van der Waals surface area (Å²) in [5.74, 6) is 0.374. The predicted molar refractivity (Wildman–Crippen MR) is 112 cm³/mol. The number of nitrogens with one attached hydrogen (secondary N) is 1. The molecule has 0 bridgehead atoms. The van der Waals surface area contributed by atoms with Crippen molar-refractivity contribution in [3.8, 4) is 17.5 Å². The van der Waals surface area contributed by atoms with E-state index in [0.717, 1.165) is 19.6 Å². The van der Waals surface area contributed by atoms with Crippen LogP contribution >= 0.6 is 34.8 Å². The zero-order valence-corrected chi connectivity index (χ0v) is 17.8. The summed E-state index contributed by atoms with van der Waals surface area (Å²) in [6, 6.07) is 5.06. The van der Waals surface area contributed by atoms with E-state index >= 15 is 0 Å². The molecule has 3 rings (SSSR count). The topological polar surface area (TPSA) is 74.3 Å². The van der Waals surface area contributed by atoms with Gasteiger partial charge in [0.2, 0.25) is 17.5 Å². The van der Waals surface area contributed by atoms with E-state index in [-0.39, 0.29) is 27.5 Å². The maximum Gasteiger partial charge on any atom is 0.232 e. The summed E-state index contributed by atoms with van der Waals surface area (Å²) in [6.07, 6.45) is 0.512. The van der Waals surface area contributed by atoms with Gasteiger partial charge in [-0.05, 0) is 25.0 Å². The van der Waals surface area contributed by atoms with Crippen molar-refractivity contribution in [1.82, 2.24) is 9.88 Å². The Labute approximate surface area is 183 Å². The molecule has 29 heavy (non-hydrogen) atoms. The number of nitrogens with zero attached hydrogens (tertiary/aromatic N) is 3. The first-order valence-electron chi connectivity index (χ1n) is 9.22. The highest BCUT2D eigenvalue weighted by atomic mass is 35.5.